The van der Waals surface area contributed by atoms with Crippen molar-refractivity contribution in [3.05, 3.63) is 29.8 Å². The third-order valence-electron chi connectivity index (χ3n) is 3.17. The van der Waals surface area contributed by atoms with Crippen LogP contribution in [0, 0.1) is 0 Å². The number of hydrogen-bond acceptors (Lipinski definition) is 3. The highest BCUT2D eigenvalue weighted by Crippen LogP contribution is 2.12. The van der Waals surface area contributed by atoms with E-state index < -0.39 is 0 Å². The summed E-state index contributed by atoms with van der Waals surface area (Å²) in [7, 11) is 1.74. The number of likely N-dealkylation sites (tertiary alicyclic amines) is 1. The first kappa shape index (κ1) is 12.4. The Morgan fingerprint density at radius 3 is 2.83 bits per heavy atom. The summed E-state index contributed by atoms with van der Waals surface area (Å²) in [5.41, 5.74) is 7.16. The zero-order chi connectivity index (χ0) is 13.1. The fourth-order valence-corrected chi connectivity index (χ4v) is 2.07. The van der Waals surface area contributed by atoms with Crippen LogP contribution in [0.3, 0.4) is 0 Å². The van der Waals surface area contributed by atoms with E-state index in [9.17, 15) is 9.59 Å². The molecule has 3 N–H and O–H groups in total. The third-order valence-corrected chi connectivity index (χ3v) is 3.17. The average Bonchev–Trinajstić information content (AvgIpc) is 2.64. The van der Waals surface area contributed by atoms with E-state index >= 15 is 0 Å². The number of rotatable bonds is 3. The van der Waals surface area contributed by atoms with Gasteiger partial charge in [-0.2, -0.15) is 0 Å². The van der Waals surface area contributed by atoms with Gasteiger partial charge in [-0.3, -0.25) is 9.59 Å². The van der Waals surface area contributed by atoms with Crippen LogP contribution in [-0.2, 0) is 16.0 Å². The number of nitrogens with zero attached hydrogens (tertiary/aromatic N) is 1. The molecule has 1 atom stereocenters. The minimum absolute atomic E-state index is 0.0237. The van der Waals surface area contributed by atoms with Gasteiger partial charge in [-0.15, -0.1) is 0 Å². The van der Waals surface area contributed by atoms with Crippen LogP contribution in [0.15, 0.2) is 24.3 Å². The lowest BCUT2D eigenvalue weighted by atomic mass is 10.1. The van der Waals surface area contributed by atoms with Crippen LogP contribution in [0.2, 0.25) is 0 Å². The summed E-state index contributed by atoms with van der Waals surface area (Å²) in [4.78, 5) is 25.1. The monoisotopic (exact) mass is 247 g/mol. The molecule has 5 nitrogen and oxygen atoms in total. The van der Waals surface area contributed by atoms with Crippen LogP contribution >= 0.6 is 0 Å². The van der Waals surface area contributed by atoms with Crippen molar-refractivity contribution in [2.75, 3.05) is 19.3 Å². The molecular formula is C13H17N3O2. The summed E-state index contributed by atoms with van der Waals surface area (Å²) < 4.78 is 0. The Hall–Kier alpha value is -2.04. The Morgan fingerprint density at radius 1 is 1.50 bits per heavy atom. The molecule has 1 aliphatic rings. The molecule has 1 unspecified atom stereocenters. The first-order valence-corrected chi connectivity index (χ1v) is 5.95. The number of benzene rings is 1. The zero-order valence-corrected chi connectivity index (χ0v) is 10.3. The molecule has 0 aliphatic carbocycles. The molecule has 96 valence electrons. The van der Waals surface area contributed by atoms with Crippen LogP contribution in [0.25, 0.3) is 0 Å². The second-order valence-electron chi connectivity index (χ2n) is 4.54. The van der Waals surface area contributed by atoms with Gasteiger partial charge < -0.3 is 16.0 Å². The molecule has 1 aromatic carbocycles. The van der Waals surface area contributed by atoms with Crippen LogP contribution in [0.4, 0.5) is 5.69 Å². The van der Waals surface area contributed by atoms with E-state index in [0.29, 0.717) is 18.7 Å². The van der Waals surface area contributed by atoms with Gasteiger partial charge in [0.2, 0.25) is 11.8 Å². The molecule has 1 aromatic rings. The third kappa shape index (κ3) is 2.61. The Kier molecular flexibility index (Phi) is 3.50. The second-order valence-corrected chi connectivity index (χ2v) is 4.54. The largest absolute Gasteiger partial charge is 0.398 e. The first-order valence-electron chi connectivity index (χ1n) is 5.95. The number of nitrogens with one attached hydrogen (secondary N) is 1. The van der Waals surface area contributed by atoms with Gasteiger partial charge in [0.1, 0.15) is 6.04 Å². The van der Waals surface area contributed by atoms with Gasteiger partial charge in [0.25, 0.3) is 0 Å². The Morgan fingerprint density at radius 2 is 2.22 bits per heavy atom. The molecule has 0 spiro atoms. The lowest BCUT2D eigenvalue weighted by Gasteiger charge is -2.12. The molecule has 0 bridgehead atoms. The molecule has 1 saturated heterocycles. The smallest absolute Gasteiger partial charge is 0.244 e. The van der Waals surface area contributed by atoms with Gasteiger partial charge in [-0.05, 0) is 18.1 Å². The van der Waals surface area contributed by atoms with Crippen molar-refractivity contribution < 1.29 is 9.59 Å². The Bertz CT molecular complexity index is 473. The number of hydrogen-bond donors (Lipinski definition) is 2. The molecule has 5 heteroatoms. The molecule has 1 fully saturated rings. The molecule has 2 rings (SSSR count). The maximum Gasteiger partial charge on any atom is 0.244 e. The fraction of sp³-hybridized carbons (Fsp3) is 0.385. The highest BCUT2D eigenvalue weighted by atomic mass is 16.2. The average molecular weight is 247 g/mol. The van der Waals surface area contributed by atoms with Crippen molar-refractivity contribution in [1.29, 1.82) is 0 Å². The molecule has 0 radical (unpaired) electrons. The number of likely N-dealkylation sites (N-methyl/N-ethyl adjacent to an activating group) is 1. The summed E-state index contributed by atoms with van der Waals surface area (Å²) in [6.07, 6.45) is 0.880. The van der Waals surface area contributed by atoms with Gasteiger partial charge >= 0.3 is 0 Å². The van der Waals surface area contributed by atoms with Crippen molar-refractivity contribution in [1.82, 2.24) is 10.2 Å². The number of para-hydroxylation sites is 1. The maximum atomic E-state index is 11.8. The van der Waals surface area contributed by atoms with Crippen LogP contribution < -0.4 is 11.1 Å². The first-order chi connectivity index (χ1) is 8.58. The predicted octanol–water partition coefficient (Wildman–Crippen LogP) is 0.158. The molecule has 1 heterocycles. The second kappa shape index (κ2) is 5.08. The minimum Gasteiger partial charge on any atom is -0.398 e. The van der Waals surface area contributed by atoms with Gasteiger partial charge in [-0.25, -0.2) is 0 Å². The maximum absolute atomic E-state index is 11.8. The van der Waals surface area contributed by atoms with Crippen LogP contribution in [0.5, 0.6) is 0 Å². The molecule has 2 amide bonds. The van der Waals surface area contributed by atoms with E-state index in [-0.39, 0.29) is 24.3 Å². The van der Waals surface area contributed by atoms with E-state index in [0.717, 1.165) is 5.56 Å². The van der Waals surface area contributed by atoms with Crippen molar-refractivity contribution in [2.45, 2.75) is 18.9 Å². The summed E-state index contributed by atoms with van der Waals surface area (Å²) in [6, 6.07) is 6.86. The summed E-state index contributed by atoms with van der Waals surface area (Å²) >= 11 is 0. The van der Waals surface area contributed by atoms with Crippen LogP contribution in [-0.4, -0.2) is 36.3 Å². The van der Waals surface area contributed by atoms with Crippen molar-refractivity contribution in [3.63, 3.8) is 0 Å². The van der Waals surface area contributed by atoms with Gasteiger partial charge in [-0.1, -0.05) is 18.2 Å². The number of nitrogens with two attached hydrogens (primary N) is 1. The highest BCUT2D eigenvalue weighted by molar-refractivity contribution is 5.90. The zero-order valence-electron chi connectivity index (χ0n) is 10.3. The summed E-state index contributed by atoms with van der Waals surface area (Å²) in [5, 5.41) is 2.75. The fourth-order valence-electron chi connectivity index (χ4n) is 2.07. The van der Waals surface area contributed by atoms with E-state index in [1.165, 1.54) is 0 Å². The number of nitrogen functional groups attached to an aromatic ring is 1. The minimum atomic E-state index is -0.382. The van der Waals surface area contributed by atoms with Gasteiger partial charge in [0.05, 0.1) is 6.42 Å². The number of amides is 2. The summed E-state index contributed by atoms with van der Waals surface area (Å²) in [5.74, 6) is -0.189. The van der Waals surface area contributed by atoms with Crippen molar-refractivity contribution >= 4 is 17.5 Å². The summed E-state index contributed by atoms with van der Waals surface area (Å²) in [6.45, 7) is 0.692. The molecule has 18 heavy (non-hydrogen) atoms. The Labute approximate surface area is 106 Å². The molecule has 1 aliphatic heterocycles. The van der Waals surface area contributed by atoms with E-state index in [1.807, 2.05) is 18.2 Å². The van der Waals surface area contributed by atoms with Crippen LogP contribution in [0.1, 0.15) is 12.0 Å². The molecule has 0 saturated carbocycles. The number of carbonyl (C=O) groups is 2. The lowest BCUT2D eigenvalue weighted by Crippen LogP contribution is -2.41. The van der Waals surface area contributed by atoms with E-state index in [1.54, 1.807) is 18.0 Å². The van der Waals surface area contributed by atoms with E-state index in [4.69, 9.17) is 5.73 Å². The SMILES string of the molecule is CN1CCC(NC(=O)Cc2ccccc2N)C1=O. The quantitative estimate of drug-likeness (QED) is 0.747. The molecular weight excluding hydrogens is 230 g/mol. The number of anilines is 1. The van der Waals surface area contributed by atoms with Gasteiger partial charge in [0.15, 0.2) is 0 Å². The van der Waals surface area contributed by atoms with Gasteiger partial charge in [0, 0.05) is 19.3 Å². The standard InChI is InChI=1S/C13H17N3O2/c1-16-7-6-11(13(16)18)15-12(17)8-9-4-2-3-5-10(9)14/h2-5,11H,6-8,14H2,1H3,(H,15,17). The molecule has 0 aromatic heterocycles. The predicted molar refractivity (Wildman–Crippen MR) is 68.7 cm³/mol. The Balaban J connectivity index is 1.94. The normalized spacial score (nSPS) is 19.1. The number of carbonyl (C=O) groups excluding carboxylic acids is 2. The van der Waals surface area contributed by atoms with Crippen molar-refractivity contribution in [2.24, 2.45) is 0 Å². The highest BCUT2D eigenvalue weighted by Gasteiger charge is 2.30. The topological polar surface area (TPSA) is 75.4 Å². The van der Waals surface area contributed by atoms with Crippen molar-refractivity contribution in [3.8, 4) is 0 Å². The van der Waals surface area contributed by atoms with E-state index in [2.05, 4.69) is 5.32 Å². The lowest BCUT2D eigenvalue weighted by molar-refractivity contribution is -0.131.